The number of phenolic OH excluding ortho intramolecular Hbond substituents is 1. The van der Waals surface area contributed by atoms with Gasteiger partial charge in [-0.2, -0.15) is 0 Å². The van der Waals surface area contributed by atoms with Gasteiger partial charge in [0.15, 0.2) is 0 Å². The van der Waals surface area contributed by atoms with Crippen LogP contribution in [0.2, 0.25) is 0 Å². The minimum atomic E-state index is -0.114. The summed E-state index contributed by atoms with van der Waals surface area (Å²) < 4.78 is 5.31. The first-order valence-corrected chi connectivity index (χ1v) is 5.85. The van der Waals surface area contributed by atoms with Crippen molar-refractivity contribution < 1.29 is 14.6 Å². The molecule has 1 aromatic carbocycles. The summed E-state index contributed by atoms with van der Waals surface area (Å²) in [5.74, 6) is -0.0672. The molecule has 2 rings (SSSR count). The Morgan fingerprint density at radius 2 is 2.18 bits per heavy atom. The smallest absolute Gasteiger partial charge is 0.257 e. The SMILES string of the molecule is Cc1ccc(O)c(C(=O)N2CCCOCC2)c1. The Morgan fingerprint density at radius 3 is 3.00 bits per heavy atom. The molecule has 1 fully saturated rings. The summed E-state index contributed by atoms with van der Waals surface area (Å²) >= 11 is 0. The molecule has 1 aliphatic heterocycles. The van der Waals surface area contributed by atoms with Crippen molar-refractivity contribution in [2.24, 2.45) is 0 Å². The molecule has 0 bridgehead atoms. The number of carbonyl (C=O) groups excluding carboxylic acids is 1. The van der Waals surface area contributed by atoms with Crippen molar-refractivity contribution in [1.29, 1.82) is 0 Å². The Kier molecular flexibility index (Phi) is 3.64. The number of rotatable bonds is 1. The highest BCUT2D eigenvalue weighted by Gasteiger charge is 2.20. The lowest BCUT2D eigenvalue weighted by Gasteiger charge is -2.20. The highest BCUT2D eigenvalue weighted by atomic mass is 16.5. The van der Waals surface area contributed by atoms with E-state index in [9.17, 15) is 9.90 Å². The average molecular weight is 235 g/mol. The van der Waals surface area contributed by atoms with Gasteiger partial charge in [0.2, 0.25) is 0 Å². The number of aromatic hydroxyl groups is 1. The maximum Gasteiger partial charge on any atom is 0.257 e. The van der Waals surface area contributed by atoms with E-state index in [2.05, 4.69) is 0 Å². The molecule has 1 N–H and O–H groups in total. The van der Waals surface area contributed by atoms with E-state index < -0.39 is 0 Å². The van der Waals surface area contributed by atoms with E-state index in [0.717, 1.165) is 12.0 Å². The van der Waals surface area contributed by atoms with Crippen LogP contribution in [-0.2, 0) is 4.74 Å². The summed E-state index contributed by atoms with van der Waals surface area (Å²) in [6.45, 7) is 4.45. The number of benzene rings is 1. The first-order valence-electron chi connectivity index (χ1n) is 5.85. The lowest BCUT2D eigenvalue weighted by Crippen LogP contribution is -2.33. The largest absolute Gasteiger partial charge is 0.507 e. The van der Waals surface area contributed by atoms with Crippen LogP contribution in [-0.4, -0.2) is 42.2 Å². The highest BCUT2D eigenvalue weighted by molar-refractivity contribution is 5.97. The zero-order chi connectivity index (χ0) is 12.3. The molecule has 92 valence electrons. The summed E-state index contributed by atoms with van der Waals surface area (Å²) in [7, 11) is 0. The highest BCUT2D eigenvalue weighted by Crippen LogP contribution is 2.20. The van der Waals surface area contributed by atoms with Crippen molar-refractivity contribution in [3.63, 3.8) is 0 Å². The van der Waals surface area contributed by atoms with Gasteiger partial charge in [0.25, 0.3) is 5.91 Å². The van der Waals surface area contributed by atoms with E-state index in [0.29, 0.717) is 31.9 Å². The maximum atomic E-state index is 12.2. The zero-order valence-corrected chi connectivity index (χ0v) is 9.98. The average Bonchev–Trinajstić information content (AvgIpc) is 2.60. The number of ether oxygens (including phenoxy) is 1. The summed E-state index contributed by atoms with van der Waals surface area (Å²) in [6, 6.07) is 5.08. The molecule has 1 amide bonds. The molecule has 4 heteroatoms. The van der Waals surface area contributed by atoms with Crippen LogP contribution in [0.15, 0.2) is 18.2 Å². The molecule has 0 aliphatic carbocycles. The maximum absolute atomic E-state index is 12.2. The Labute approximate surface area is 101 Å². The van der Waals surface area contributed by atoms with Gasteiger partial charge in [0.1, 0.15) is 5.75 Å². The minimum Gasteiger partial charge on any atom is -0.507 e. The van der Waals surface area contributed by atoms with Crippen molar-refractivity contribution in [2.75, 3.05) is 26.3 Å². The topological polar surface area (TPSA) is 49.8 Å². The molecule has 1 aliphatic rings. The second-order valence-electron chi connectivity index (χ2n) is 4.28. The molecule has 0 atom stereocenters. The van der Waals surface area contributed by atoms with Gasteiger partial charge in [-0.05, 0) is 25.5 Å². The van der Waals surface area contributed by atoms with Gasteiger partial charge in [-0.1, -0.05) is 11.6 Å². The first-order chi connectivity index (χ1) is 8.18. The predicted molar refractivity (Wildman–Crippen MR) is 64.2 cm³/mol. The normalized spacial score (nSPS) is 16.6. The number of carbonyl (C=O) groups is 1. The Bertz CT molecular complexity index is 409. The first kappa shape index (κ1) is 11.9. The molecule has 1 saturated heterocycles. The van der Waals surface area contributed by atoms with Crippen LogP contribution in [0.1, 0.15) is 22.3 Å². The van der Waals surface area contributed by atoms with Crippen molar-refractivity contribution in [3.05, 3.63) is 29.3 Å². The molecule has 1 heterocycles. The zero-order valence-electron chi connectivity index (χ0n) is 9.98. The van der Waals surface area contributed by atoms with Gasteiger partial charge >= 0.3 is 0 Å². The van der Waals surface area contributed by atoms with Crippen LogP contribution in [0.4, 0.5) is 0 Å². The fourth-order valence-corrected chi connectivity index (χ4v) is 1.94. The number of phenols is 1. The van der Waals surface area contributed by atoms with Crippen LogP contribution in [0.5, 0.6) is 5.75 Å². The molecule has 17 heavy (non-hydrogen) atoms. The third-order valence-electron chi connectivity index (χ3n) is 2.89. The van der Waals surface area contributed by atoms with E-state index in [1.54, 1.807) is 23.1 Å². The van der Waals surface area contributed by atoms with Gasteiger partial charge in [-0.15, -0.1) is 0 Å². The minimum absolute atomic E-state index is 0.0470. The number of hydrogen-bond donors (Lipinski definition) is 1. The fraction of sp³-hybridized carbons (Fsp3) is 0.462. The van der Waals surface area contributed by atoms with Gasteiger partial charge in [-0.25, -0.2) is 0 Å². The van der Waals surface area contributed by atoms with Crippen molar-refractivity contribution in [3.8, 4) is 5.75 Å². The van der Waals surface area contributed by atoms with E-state index in [4.69, 9.17) is 4.74 Å². The van der Waals surface area contributed by atoms with Gasteiger partial charge < -0.3 is 14.7 Å². The van der Waals surface area contributed by atoms with Crippen LogP contribution >= 0.6 is 0 Å². The second kappa shape index (κ2) is 5.19. The Hall–Kier alpha value is -1.55. The molecular weight excluding hydrogens is 218 g/mol. The van der Waals surface area contributed by atoms with Crippen molar-refractivity contribution >= 4 is 5.91 Å². The lowest BCUT2D eigenvalue weighted by atomic mass is 10.1. The fourth-order valence-electron chi connectivity index (χ4n) is 1.94. The summed E-state index contributed by atoms with van der Waals surface area (Å²) in [5, 5.41) is 9.73. The summed E-state index contributed by atoms with van der Waals surface area (Å²) in [5.41, 5.74) is 1.35. The molecular formula is C13H17NO3. The van der Waals surface area contributed by atoms with Crippen molar-refractivity contribution in [1.82, 2.24) is 4.90 Å². The number of hydrogen-bond acceptors (Lipinski definition) is 3. The van der Waals surface area contributed by atoms with Gasteiger partial charge in [0, 0.05) is 19.7 Å². The van der Waals surface area contributed by atoms with E-state index in [1.807, 2.05) is 6.92 Å². The van der Waals surface area contributed by atoms with E-state index in [1.165, 1.54) is 0 Å². The number of nitrogens with zero attached hydrogens (tertiary/aromatic N) is 1. The van der Waals surface area contributed by atoms with Crippen LogP contribution in [0.3, 0.4) is 0 Å². The molecule has 0 radical (unpaired) electrons. The Balaban J connectivity index is 2.20. The molecule has 0 spiro atoms. The third kappa shape index (κ3) is 2.77. The third-order valence-corrected chi connectivity index (χ3v) is 2.89. The molecule has 0 saturated carbocycles. The lowest BCUT2D eigenvalue weighted by molar-refractivity contribution is 0.0738. The Morgan fingerprint density at radius 1 is 1.35 bits per heavy atom. The molecule has 1 aromatic rings. The molecule has 0 aromatic heterocycles. The van der Waals surface area contributed by atoms with Crippen LogP contribution < -0.4 is 0 Å². The predicted octanol–water partition coefficient (Wildman–Crippen LogP) is 1.56. The van der Waals surface area contributed by atoms with Gasteiger partial charge in [0.05, 0.1) is 12.2 Å². The summed E-state index contributed by atoms with van der Waals surface area (Å²) in [4.78, 5) is 14.0. The van der Waals surface area contributed by atoms with Crippen molar-refractivity contribution in [2.45, 2.75) is 13.3 Å². The number of amides is 1. The van der Waals surface area contributed by atoms with Crippen LogP contribution in [0, 0.1) is 6.92 Å². The second-order valence-corrected chi connectivity index (χ2v) is 4.28. The summed E-state index contributed by atoms with van der Waals surface area (Å²) in [6.07, 6.45) is 0.846. The van der Waals surface area contributed by atoms with Crippen LogP contribution in [0.25, 0.3) is 0 Å². The molecule has 0 unspecified atom stereocenters. The van der Waals surface area contributed by atoms with Gasteiger partial charge in [-0.3, -0.25) is 4.79 Å². The van der Waals surface area contributed by atoms with E-state index >= 15 is 0 Å². The number of aryl methyl sites for hydroxylation is 1. The molecule has 4 nitrogen and oxygen atoms in total. The monoisotopic (exact) mass is 235 g/mol. The van der Waals surface area contributed by atoms with E-state index in [-0.39, 0.29) is 11.7 Å². The quantitative estimate of drug-likeness (QED) is 0.803. The standard InChI is InChI=1S/C13H17NO3/c1-10-3-4-12(15)11(9-10)13(16)14-5-2-7-17-8-6-14/h3-4,9,15H,2,5-8H2,1H3.